The summed E-state index contributed by atoms with van der Waals surface area (Å²) in [6.07, 6.45) is 10.4. The predicted molar refractivity (Wildman–Crippen MR) is 132 cm³/mol. The van der Waals surface area contributed by atoms with Crippen LogP contribution >= 0.6 is 24.7 Å². The average Bonchev–Trinajstić information content (AvgIpc) is 3.29. The van der Waals surface area contributed by atoms with E-state index in [0.29, 0.717) is 17.3 Å². The lowest BCUT2D eigenvalue weighted by Gasteiger charge is -2.21. The van der Waals surface area contributed by atoms with E-state index in [2.05, 4.69) is 16.2 Å². The van der Waals surface area contributed by atoms with Crippen molar-refractivity contribution < 1.29 is 7.77 Å². The third kappa shape index (κ3) is 4.20. The average molecular weight is 483 g/mol. The van der Waals surface area contributed by atoms with Gasteiger partial charge in [0, 0.05) is 28.8 Å². The lowest BCUT2D eigenvalue weighted by atomic mass is 9.86. The van der Waals surface area contributed by atoms with Crippen LogP contribution in [0.3, 0.4) is 0 Å². The van der Waals surface area contributed by atoms with Crippen molar-refractivity contribution in [3.8, 4) is 11.1 Å². The maximum absolute atomic E-state index is 13.6. The van der Waals surface area contributed by atoms with Crippen molar-refractivity contribution in [2.75, 3.05) is 3.71 Å². The number of allylic oxidation sites excluding steroid dienone is 2. The molecule has 168 valence electrons. The quantitative estimate of drug-likeness (QED) is 0.225. The highest BCUT2D eigenvalue weighted by molar-refractivity contribution is 8.13. The highest BCUT2D eigenvalue weighted by Gasteiger charge is 2.22. The van der Waals surface area contributed by atoms with Crippen LogP contribution in [0.4, 0.5) is 13.6 Å². The highest BCUT2D eigenvalue weighted by atomic mass is 32.3. The molecule has 5 rings (SSSR count). The van der Waals surface area contributed by atoms with Gasteiger partial charge in [-0.15, -0.1) is 7.77 Å². The van der Waals surface area contributed by atoms with Gasteiger partial charge in [0.1, 0.15) is 0 Å². The van der Waals surface area contributed by atoms with Gasteiger partial charge < -0.3 is 5.41 Å². The molecule has 1 aliphatic carbocycles. The Bertz CT molecular complexity index is 1350. The molecule has 1 atom stereocenters. The molecule has 4 aromatic rings. The first kappa shape index (κ1) is 21.8. The fraction of sp³-hybridized carbons (Fsp3) is 0.217. The summed E-state index contributed by atoms with van der Waals surface area (Å²) in [5.41, 5.74) is 4.67. The Labute approximate surface area is 198 Å². The van der Waals surface area contributed by atoms with Crippen molar-refractivity contribution in [2.45, 2.75) is 25.7 Å². The zero-order valence-corrected chi connectivity index (χ0v) is 19.1. The van der Waals surface area contributed by atoms with E-state index < -0.39 is 0 Å². The minimum atomic E-state index is -0.217. The maximum atomic E-state index is 13.6. The summed E-state index contributed by atoms with van der Waals surface area (Å²) in [5.74, 6) is 0.695. The Morgan fingerprint density at radius 3 is 2.79 bits per heavy atom. The smallest absolute Gasteiger partial charge is 0.179 e. The Morgan fingerprint density at radius 1 is 1.18 bits per heavy atom. The van der Waals surface area contributed by atoms with Crippen LogP contribution < -0.4 is 3.71 Å². The first-order valence-electron chi connectivity index (χ1n) is 10.5. The summed E-state index contributed by atoms with van der Waals surface area (Å²) < 4.78 is 29.4. The zero-order chi connectivity index (χ0) is 22.8. The fourth-order valence-corrected chi connectivity index (χ4v) is 4.73. The van der Waals surface area contributed by atoms with E-state index in [0.717, 1.165) is 57.0 Å². The van der Waals surface area contributed by atoms with Crippen LogP contribution in [0.5, 0.6) is 0 Å². The van der Waals surface area contributed by atoms with Gasteiger partial charge in [0.2, 0.25) is 0 Å². The first-order valence-corrected chi connectivity index (χ1v) is 11.9. The normalized spacial score (nSPS) is 16.2. The number of nitrogens with zero attached hydrogens (tertiary/aromatic N) is 5. The summed E-state index contributed by atoms with van der Waals surface area (Å²) in [7, 11) is 0. The third-order valence-corrected chi connectivity index (χ3v) is 6.93. The van der Waals surface area contributed by atoms with Crippen LogP contribution in [-0.4, -0.2) is 25.8 Å². The summed E-state index contributed by atoms with van der Waals surface area (Å²) >= 11 is -0.434. The van der Waals surface area contributed by atoms with Gasteiger partial charge in [-0.2, -0.15) is 13.3 Å². The molecule has 0 aliphatic heterocycles. The fourth-order valence-electron chi connectivity index (χ4n) is 4.25. The number of pyridine rings is 1. The number of aromatic nitrogens is 4. The van der Waals surface area contributed by atoms with E-state index >= 15 is 0 Å². The molecule has 1 unspecified atom stereocenters. The minimum Gasteiger partial charge on any atom is -0.313 e. The van der Waals surface area contributed by atoms with Gasteiger partial charge >= 0.3 is 0 Å². The highest BCUT2D eigenvalue weighted by Crippen LogP contribution is 2.38. The van der Waals surface area contributed by atoms with Crippen molar-refractivity contribution in [2.24, 2.45) is 5.92 Å². The van der Waals surface area contributed by atoms with Gasteiger partial charge in [-0.1, -0.05) is 24.3 Å². The standard InChI is InChI=1S/C23H20F2N6S2/c24-32-31(33-25)22-12-21(16-7-5-15(6-8-16)9-10-26)29-23-19(14-28-30(22)23)18-11-17-3-1-2-4-20(17)27-13-18/h1-4,7,10-15,26H,5-6,8-9H2. The molecule has 0 bridgehead atoms. The number of anilines is 1. The van der Waals surface area contributed by atoms with E-state index in [1.54, 1.807) is 18.5 Å². The molecule has 0 spiro atoms. The number of halogens is 2. The third-order valence-electron chi connectivity index (χ3n) is 5.97. The second-order valence-electron chi connectivity index (χ2n) is 7.91. The lowest BCUT2D eigenvalue weighted by Crippen LogP contribution is -2.11. The maximum Gasteiger partial charge on any atom is 0.179 e. The lowest BCUT2D eigenvalue weighted by molar-refractivity contribution is 0.506. The van der Waals surface area contributed by atoms with Gasteiger partial charge in [0.25, 0.3) is 0 Å². The minimum absolute atomic E-state index is 0.217. The molecule has 33 heavy (non-hydrogen) atoms. The van der Waals surface area contributed by atoms with E-state index in [4.69, 9.17) is 10.4 Å². The summed E-state index contributed by atoms with van der Waals surface area (Å²) in [4.78, 5) is 9.41. The van der Waals surface area contributed by atoms with Crippen molar-refractivity contribution in [1.29, 1.82) is 5.41 Å². The van der Waals surface area contributed by atoms with E-state index in [1.165, 1.54) is 10.7 Å². The number of fused-ring (bicyclic) bond motifs is 2. The molecule has 0 amide bonds. The van der Waals surface area contributed by atoms with Gasteiger partial charge in [-0.05, 0) is 55.5 Å². The number of hydrogen-bond donors (Lipinski definition) is 1. The Hall–Kier alpha value is -2.98. The molecule has 3 aromatic heterocycles. The van der Waals surface area contributed by atoms with Gasteiger partial charge in [0.05, 0.1) is 17.4 Å². The van der Waals surface area contributed by atoms with Crippen LogP contribution in [0.1, 0.15) is 31.4 Å². The largest absolute Gasteiger partial charge is 0.313 e. The van der Waals surface area contributed by atoms with Crippen molar-refractivity contribution in [3.63, 3.8) is 0 Å². The number of nitrogens with one attached hydrogen (secondary N) is 1. The van der Waals surface area contributed by atoms with Crippen LogP contribution in [0.15, 0.2) is 54.9 Å². The molecule has 3 heterocycles. The Balaban J connectivity index is 1.65. The van der Waals surface area contributed by atoms with E-state index in [9.17, 15) is 7.77 Å². The number of hydrogen-bond acceptors (Lipinski definition) is 7. The molecule has 0 saturated carbocycles. The molecular weight excluding hydrogens is 462 g/mol. The summed E-state index contributed by atoms with van der Waals surface area (Å²) in [5, 5.41) is 12.7. The van der Waals surface area contributed by atoms with Crippen LogP contribution in [-0.2, 0) is 0 Å². The van der Waals surface area contributed by atoms with Gasteiger partial charge in [-0.3, -0.25) is 4.98 Å². The topological polar surface area (TPSA) is 70.2 Å². The number of benzene rings is 1. The molecule has 0 radical (unpaired) electrons. The monoisotopic (exact) mass is 482 g/mol. The Kier molecular flexibility index (Phi) is 6.28. The molecule has 1 N–H and O–H groups in total. The summed E-state index contributed by atoms with van der Waals surface area (Å²) in [6.45, 7) is 0. The van der Waals surface area contributed by atoms with Crippen molar-refractivity contribution in [1.82, 2.24) is 19.6 Å². The van der Waals surface area contributed by atoms with Crippen molar-refractivity contribution in [3.05, 3.63) is 60.6 Å². The van der Waals surface area contributed by atoms with Gasteiger partial charge in [0.15, 0.2) is 36.1 Å². The van der Waals surface area contributed by atoms with Crippen LogP contribution in [0.25, 0.3) is 33.3 Å². The second kappa shape index (κ2) is 9.48. The SMILES string of the molecule is N=CCC1CC=C(c2cc(N(SF)SF)n3ncc(-c4cnc5ccccc5c4)c3n2)CC1. The van der Waals surface area contributed by atoms with Crippen LogP contribution in [0, 0.1) is 11.3 Å². The van der Waals surface area contributed by atoms with E-state index in [1.807, 2.05) is 30.3 Å². The van der Waals surface area contributed by atoms with Crippen molar-refractivity contribution >= 4 is 58.8 Å². The molecule has 1 aliphatic rings. The number of rotatable bonds is 7. The molecular formula is C23H20F2N6S2. The summed E-state index contributed by atoms with van der Waals surface area (Å²) in [6, 6.07) is 11.5. The molecule has 0 fully saturated rings. The molecule has 1 aromatic carbocycles. The zero-order valence-electron chi connectivity index (χ0n) is 17.5. The molecule has 6 nitrogen and oxygen atoms in total. The van der Waals surface area contributed by atoms with Gasteiger partial charge in [-0.25, -0.2) is 4.98 Å². The molecule has 0 saturated heterocycles. The van der Waals surface area contributed by atoms with Crippen LogP contribution in [0.2, 0.25) is 0 Å². The Morgan fingerprint density at radius 2 is 2.03 bits per heavy atom. The second-order valence-corrected chi connectivity index (χ2v) is 9.15. The predicted octanol–water partition coefficient (Wildman–Crippen LogP) is 7.04. The number of para-hydroxylation sites is 1. The first-order chi connectivity index (χ1) is 16.2. The molecule has 10 heteroatoms. The van der Waals surface area contributed by atoms with E-state index in [-0.39, 0.29) is 30.5 Å².